The van der Waals surface area contributed by atoms with Crippen LogP contribution >= 0.6 is 11.8 Å². The van der Waals surface area contributed by atoms with Crippen LogP contribution < -0.4 is 0 Å². The lowest BCUT2D eigenvalue weighted by molar-refractivity contribution is 0.626. The number of nitrogens with zero attached hydrogens (tertiary/aromatic N) is 4. The Kier molecular flexibility index (Phi) is 5.42. The number of aromatic nitrogens is 4. The standard InChI is InChI=1S/C18H20N4S/c1-2-13-22-17(16-8-11-19-12-9-16)20-21-18(22)23-14-10-15-6-4-3-5-7-15/h3-9,11-12H,2,10,13-14H2,1H3. The molecule has 0 spiro atoms. The Labute approximate surface area is 141 Å². The Bertz CT molecular complexity index is 725. The van der Waals surface area contributed by atoms with Gasteiger partial charge in [-0.15, -0.1) is 10.2 Å². The van der Waals surface area contributed by atoms with E-state index in [-0.39, 0.29) is 0 Å². The number of benzene rings is 1. The quantitative estimate of drug-likeness (QED) is 0.614. The fourth-order valence-corrected chi connectivity index (χ4v) is 3.39. The second-order valence-electron chi connectivity index (χ2n) is 5.28. The molecule has 5 heteroatoms. The van der Waals surface area contributed by atoms with Gasteiger partial charge in [0.15, 0.2) is 11.0 Å². The SMILES string of the molecule is CCCn1c(SCCc2ccccc2)nnc1-c1ccncc1. The first-order valence-corrected chi connectivity index (χ1v) is 8.87. The zero-order valence-corrected chi connectivity index (χ0v) is 14.0. The van der Waals surface area contributed by atoms with Crippen molar-refractivity contribution in [3.63, 3.8) is 0 Å². The average molecular weight is 324 g/mol. The summed E-state index contributed by atoms with van der Waals surface area (Å²) >= 11 is 1.77. The summed E-state index contributed by atoms with van der Waals surface area (Å²) in [4.78, 5) is 4.07. The first kappa shape index (κ1) is 15.7. The lowest BCUT2D eigenvalue weighted by Crippen LogP contribution is -2.02. The van der Waals surface area contributed by atoms with Gasteiger partial charge in [0.2, 0.25) is 0 Å². The molecule has 0 aliphatic carbocycles. The van der Waals surface area contributed by atoms with Gasteiger partial charge in [-0.25, -0.2) is 0 Å². The first-order chi connectivity index (χ1) is 11.4. The van der Waals surface area contributed by atoms with Gasteiger partial charge >= 0.3 is 0 Å². The van der Waals surface area contributed by atoms with Crippen molar-refractivity contribution in [2.24, 2.45) is 0 Å². The monoisotopic (exact) mass is 324 g/mol. The van der Waals surface area contributed by atoms with E-state index in [1.54, 1.807) is 24.2 Å². The maximum atomic E-state index is 4.40. The molecule has 0 atom stereocenters. The van der Waals surface area contributed by atoms with Crippen molar-refractivity contribution >= 4 is 11.8 Å². The minimum Gasteiger partial charge on any atom is -0.302 e. The van der Waals surface area contributed by atoms with Gasteiger partial charge in [-0.1, -0.05) is 49.0 Å². The zero-order chi connectivity index (χ0) is 15.9. The predicted octanol–water partition coefficient (Wildman–Crippen LogP) is 4.08. The van der Waals surface area contributed by atoms with Gasteiger partial charge in [-0.05, 0) is 30.5 Å². The summed E-state index contributed by atoms with van der Waals surface area (Å²) in [5.74, 6) is 1.93. The Morgan fingerprint density at radius 2 is 1.78 bits per heavy atom. The lowest BCUT2D eigenvalue weighted by atomic mass is 10.2. The first-order valence-electron chi connectivity index (χ1n) is 7.89. The third-order valence-corrected chi connectivity index (χ3v) is 4.54. The number of thioether (sulfide) groups is 1. The van der Waals surface area contributed by atoms with Gasteiger partial charge in [0.1, 0.15) is 0 Å². The van der Waals surface area contributed by atoms with Crippen LogP contribution in [-0.4, -0.2) is 25.5 Å². The fraction of sp³-hybridized carbons (Fsp3) is 0.278. The van der Waals surface area contributed by atoms with Crippen LogP contribution in [-0.2, 0) is 13.0 Å². The van der Waals surface area contributed by atoms with Gasteiger partial charge < -0.3 is 4.57 Å². The molecule has 2 heterocycles. The summed E-state index contributed by atoms with van der Waals surface area (Å²) in [6.45, 7) is 3.10. The van der Waals surface area contributed by atoms with Gasteiger partial charge in [0.25, 0.3) is 0 Å². The summed E-state index contributed by atoms with van der Waals surface area (Å²) in [5, 5.41) is 9.79. The summed E-state index contributed by atoms with van der Waals surface area (Å²) in [7, 11) is 0. The van der Waals surface area contributed by atoms with E-state index in [1.807, 2.05) is 12.1 Å². The highest BCUT2D eigenvalue weighted by Gasteiger charge is 2.13. The number of hydrogen-bond donors (Lipinski definition) is 0. The van der Waals surface area contributed by atoms with E-state index in [2.05, 4.69) is 57.0 Å². The molecule has 0 saturated heterocycles. The van der Waals surface area contributed by atoms with Crippen molar-refractivity contribution < 1.29 is 0 Å². The van der Waals surface area contributed by atoms with Crippen LogP contribution in [0.4, 0.5) is 0 Å². The van der Waals surface area contributed by atoms with Crippen molar-refractivity contribution in [2.75, 3.05) is 5.75 Å². The summed E-state index contributed by atoms with van der Waals surface area (Å²) in [6.07, 6.45) is 5.68. The van der Waals surface area contributed by atoms with E-state index in [0.717, 1.165) is 41.7 Å². The predicted molar refractivity (Wildman–Crippen MR) is 94.4 cm³/mol. The number of pyridine rings is 1. The normalized spacial score (nSPS) is 10.8. The van der Waals surface area contributed by atoms with Crippen LogP contribution in [0.5, 0.6) is 0 Å². The second kappa shape index (κ2) is 7.92. The van der Waals surface area contributed by atoms with Crippen LogP contribution in [0.2, 0.25) is 0 Å². The van der Waals surface area contributed by atoms with E-state index in [0.29, 0.717) is 0 Å². The van der Waals surface area contributed by atoms with E-state index in [9.17, 15) is 0 Å². The molecule has 118 valence electrons. The molecule has 2 aromatic heterocycles. The molecular weight excluding hydrogens is 304 g/mol. The molecule has 3 aromatic rings. The molecule has 0 aliphatic rings. The van der Waals surface area contributed by atoms with Crippen molar-refractivity contribution in [3.05, 3.63) is 60.4 Å². The molecule has 23 heavy (non-hydrogen) atoms. The smallest absolute Gasteiger partial charge is 0.191 e. The zero-order valence-electron chi connectivity index (χ0n) is 13.2. The van der Waals surface area contributed by atoms with Gasteiger partial charge in [0.05, 0.1) is 0 Å². The summed E-state index contributed by atoms with van der Waals surface area (Å²) in [6, 6.07) is 14.5. The van der Waals surface area contributed by atoms with Crippen LogP contribution in [0, 0.1) is 0 Å². The molecule has 0 saturated carbocycles. The molecule has 0 aliphatic heterocycles. The lowest BCUT2D eigenvalue weighted by Gasteiger charge is -2.08. The Hall–Kier alpha value is -2.14. The van der Waals surface area contributed by atoms with E-state index >= 15 is 0 Å². The molecule has 0 fully saturated rings. The topological polar surface area (TPSA) is 43.6 Å². The largest absolute Gasteiger partial charge is 0.302 e. The minimum atomic E-state index is 0.927. The van der Waals surface area contributed by atoms with Crippen molar-refractivity contribution in [2.45, 2.75) is 31.5 Å². The fourth-order valence-electron chi connectivity index (χ4n) is 2.44. The Morgan fingerprint density at radius 3 is 2.52 bits per heavy atom. The van der Waals surface area contributed by atoms with Crippen LogP contribution in [0.1, 0.15) is 18.9 Å². The van der Waals surface area contributed by atoms with Crippen molar-refractivity contribution in [3.8, 4) is 11.4 Å². The highest BCUT2D eigenvalue weighted by molar-refractivity contribution is 7.99. The summed E-state index contributed by atoms with van der Waals surface area (Å²) < 4.78 is 2.21. The Balaban J connectivity index is 1.73. The van der Waals surface area contributed by atoms with E-state index in [4.69, 9.17) is 0 Å². The number of hydrogen-bond acceptors (Lipinski definition) is 4. The molecular formula is C18H20N4S. The van der Waals surface area contributed by atoms with E-state index in [1.165, 1.54) is 5.56 Å². The van der Waals surface area contributed by atoms with Gasteiger partial charge in [-0.3, -0.25) is 4.98 Å². The van der Waals surface area contributed by atoms with E-state index < -0.39 is 0 Å². The molecule has 0 unspecified atom stereocenters. The summed E-state index contributed by atoms with van der Waals surface area (Å²) in [5.41, 5.74) is 2.42. The van der Waals surface area contributed by atoms with Gasteiger partial charge in [-0.2, -0.15) is 0 Å². The Morgan fingerprint density at radius 1 is 1.00 bits per heavy atom. The highest BCUT2D eigenvalue weighted by atomic mass is 32.2. The van der Waals surface area contributed by atoms with Gasteiger partial charge in [0, 0.05) is 30.3 Å². The number of aryl methyl sites for hydroxylation is 1. The maximum absolute atomic E-state index is 4.40. The average Bonchev–Trinajstić information content (AvgIpc) is 3.00. The van der Waals surface area contributed by atoms with Crippen molar-refractivity contribution in [1.29, 1.82) is 0 Å². The third-order valence-electron chi connectivity index (χ3n) is 3.57. The van der Waals surface area contributed by atoms with Crippen molar-refractivity contribution in [1.82, 2.24) is 19.7 Å². The number of rotatable bonds is 7. The highest BCUT2D eigenvalue weighted by Crippen LogP contribution is 2.24. The molecule has 0 amide bonds. The molecule has 4 nitrogen and oxygen atoms in total. The molecule has 0 N–H and O–H groups in total. The third kappa shape index (κ3) is 3.99. The van der Waals surface area contributed by atoms with Crippen LogP contribution in [0.25, 0.3) is 11.4 Å². The molecule has 0 bridgehead atoms. The van der Waals surface area contributed by atoms with Crippen LogP contribution in [0.15, 0.2) is 60.0 Å². The second-order valence-corrected chi connectivity index (χ2v) is 6.34. The molecule has 1 aromatic carbocycles. The molecule has 3 rings (SSSR count). The minimum absolute atomic E-state index is 0.927. The molecule has 0 radical (unpaired) electrons. The maximum Gasteiger partial charge on any atom is 0.191 e. The van der Waals surface area contributed by atoms with Crippen LogP contribution in [0.3, 0.4) is 0 Å².